The van der Waals surface area contributed by atoms with Gasteiger partial charge in [0.05, 0.1) is 25.9 Å². The van der Waals surface area contributed by atoms with Crippen molar-refractivity contribution in [2.45, 2.75) is 59.4 Å². The Hall–Kier alpha value is -2.68. The Kier molecular flexibility index (Phi) is 7.03. The summed E-state index contributed by atoms with van der Waals surface area (Å²) in [6.45, 7) is 8.54. The van der Waals surface area contributed by atoms with Crippen LogP contribution in [0, 0.1) is 13.8 Å². The monoisotopic (exact) mass is 401 g/mol. The smallest absolute Gasteiger partial charge is 0.191 e. The van der Waals surface area contributed by atoms with Gasteiger partial charge in [-0.3, -0.25) is 4.98 Å². The van der Waals surface area contributed by atoms with E-state index in [4.69, 9.17) is 14.5 Å². The summed E-state index contributed by atoms with van der Waals surface area (Å²) in [5.74, 6) is 3.40. The summed E-state index contributed by atoms with van der Waals surface area (Å²) in [5.41, 5.74) is 2.97. The molecule has 29 heavy (non-hydrogen) atoms. The van der Waals surface area contributed by atoms with E-state index >= 15 is 0 Å². The molecule has 9 nitrogen and oxygen atoms in total. The molecule has 0 aromatic carbocycles. The van der Waals surface area contributed by atoms with Gasteiger partial charge in [0, 0.05) is 43.4 Å². The van der Waals surface area contributed by atoms with Crippen LogP contribution in [0.3, 0.4) is 0 Å². The van der Waals surface area contributed by atoms with Gasteiger partial charge in [-0.15, -0.1) is 0 Å². The molecule has 0 amide bonds. The predicted octanol–water partition coefficient (Wildman–Crippen LogP) is 1.52. The summed E-state index contributed by atoms with van der Waals surface area (Å²) in [5, 5.41) is 11.4. The zero-order valence-electron chi connectivity index (χ0n) is 17.9. The first-order valence-corrected chi connectivity index (χ1v) is 10.0. The van der Waals surface area contributed by atoms with Crippen molar-refractivity contribution in [3.8, 4) is 5.75 Å². The predicted molar refractivity (Wildman–Crippen MR) is 111 cm³/mol. The summed E-state index contributed by atoms with van der Waals surface area (Å²) >= 11 is 0. The maximum absolute atomic E-state index is 5.50. The van der Waals surface area contributed by atoms with Gasteiger partial charge in [0.25, 0.3) is 0 Å². The summed E-state index contributed by atoms with van der Waals surface area (Å²) in [6.07, 6.45) is 3.69. The third-order valence-electron chi connectivity index (χ3n) is 5.00. The fourth-order valence-electron chi connectivity index (χ4n) is 3.57. The third kappa shape index (κ3) is 5.03. The summed E-state index contributed by atoms with van der Waals surface area (Å²) < 4.78 is 12.6. The highest BCUT2D eigenvalue weighted by Gasteiger charge is 2.22. The molecule has 9 heteroatoms. The molecule has 158 valence electrons. The van der Waals surface area contributed by atoms with Crippen LogP contribution in [0.5, 0.6) is 5.75 Å². The summed E-state index contributed by atoms with van der Waals surface area (Å²) in [7, 11) is 3.34. The van der Waals surface area contributed by atoms with E-state index in [0.29, 0.717) is 13.2 Å². The van der Waals surface area contributed by atoms with Gasteiger partial charge >= 0.3 is 0 Å². The second-order valence-corrected chi connectivity index (χ2v) is 7.18. The molecule has 0 aliphatic carbocycles. The van der Waals surface area contributed by atoms with Crippen molar-refractivity contribution in [2.75, 3.05) is 20.8 Å². The summed E-state index contributed by atoms with van der Waals surface area (Å²) in [4.78, 5) is 13.8. The van der Waals surface area contributed by atoms with Crippen molar-refractivity contribution < 1.29 is 9.47 Å². The maximum atomic E-state index is 5.50. The number of aryl methyl sites for hydroxylation is 2. The zero-order chi connectivity index (χ0) is 20.8. The Labute approximate surface area is 171 Å². The van der Waals surface area contributed by atoms with Crippen molar-refractivity contribution in [3.05, 3.63) is 34.7 Å². The van der Waals surface area contributed by atoms with E-state index in [2.05, 4.69) is 32.6 Å². The highest BCUT2D eigenvalue weighted by molar-refractivity contribution is 5.80. The molecule has 1 aliphatic rings. The first kappa shape index (κ1) is 21.0. The number of hydrogen-bond donors (Lipinski definition) is 2. The van der Waals surface area contributed by atoms with Gasteiger partial charge < -0.3 is 20.1 Å². The number of aliphatic imine (C=N–C) groups is 1. The molecule has 0 saturated heterocycles. The lowest BCUT2D eigenvalue weighted by atomic mass is 10.1. The van der Waals surface area contributed by atoms with E-state index in [1.807, 2.05) is 24.7 Å². The molecule has 1 unspecified atom stereocenters. The van der Waals surface area contributed by atoms with Crippen molar-refractivity contribution in [1.29, 1.82) is 0 Å². The average molecular weight is 402 g/mol. The van der Waals surface area contributed by atoms with E-state index in [-0.39, 0.29) is 6.04 Å². The second kappa shape index (κ2) is 9.69. The average Bonchev–Trinajstić information content (AvgIpc) is 3.10. The lowest BCUT2D eigenvalue weighted by Gasteiger charge is -2.25. The topological polar surface area (TPSA) is 98.5 Å². The molecular weight excluding hydrogens is 370 g/mol. The number of aromatic nitrogens is 4. The number of fused-ring (bicyclic) bond motifs is 1. The van der Waals surface area contributed by atoms with Crippen LogP contribution >= 0.6 is 0 Å². The van der Waals surface area contributed by atoms with E-state index < -0.39 is 0 Å². The number of rotatable bonds is 7. The van der Waals surface area contributed by atoms with Crippen LogP contribution in [0.25, 0.3) is 0 Å². The van der Waals surface area contributed by atoms with Crippen molar-refractivity contribution in [2.24, 2.45) is 4.99 Å². The van der Waals surface area contributed by atoms with Gasteiger partial charge in [-0.1, -0.05) is 0 Å². The molecule has 3 rings (SSSR count). The largest absolute Gasteiger partial charge is 0.496 e. The Morgan fingerprint density at radius 1 is 1.34 bits per heavy atom. The minimum Gasteiger partial charge on any atom is -0.496 e. The number of methoxy groups -OCH3 is 2. The molecule has 2 N–H and O–H groups in total. The number of ether oxygens (including phenoxy) is 2. The fourth-order valence-corrected chi connectivity index (χ4v) is 3.57. The molecule has 0 saturated carbocycles. The Morgan fingerprint density at radius 2 is 2.17 bits per heavy atom. The minimum absolute atomic E-state index is 0.235. The van der Waals surface area contributed by atoms with Crippen LogP contribution in [-0.4, -0.2) is 52.5 Å². The molecule has 0 spiro atoms. The molecule has 0 radical (unpaired) electrons. The maximum Gasteiger partial charge on any atom is 0.191 e. The highest BCUT2D eigenvalue weighted by Crippen LogP contribution is 2.24. The normalized spacial score (nSPS) is 16.4. The van der Waals surface area contributed by atoms with Gasteiger partial charge in [0.15, 0.2) is 11.8 Å². The standard InChI is InChI=1S/C20H31N7O2/c1-6-21-20(23-10-16-14(3)19(29-5)13(2)9-22-16)24-15-7-8-18-25-17(12-28-4)26-27(18)11-15/h9,15H,6-8,10-12H2,1-5H3,(H2,21,23,24). The van der Waals surface area contributed by atoms with Crippen LogP contribution in [0.1, 0.15) is 41.8 Å². The first-order chi connectivity index (χ1) is 14.0. The molecule has 0 bridgehead atoms. The lowest BCUT2D eigenvalue weighted by molar-refractivity contribution is 0.177. The quantitative estimate of drug-likeness (QED) is 0.536. The Morgan fingerprint density at radius 3 is 2.90 bits per heavy atom. The van der Waals surface area contributed by atoms with E-state index in [1.165, 1.54) is 0 Å². The second-order valence-electron chi connectivity index (χ2n) is 7.18. The van der Waals surface area contributed by atoms with Crippen molar-refractivity contribution >= 4 is 5.96 Å². The SMILES string of the molecule is CCNC(=NCc1ncc(C)c(OC)c1C)NC1CCc2nc(COC)nn2C1. The van der Waals surface area contributed by atoms with Crippen LogP contribution in [-0.2, 0) is 30.9 Å². The lowest BCUT2D eigenvalue weighted by Crippen LogP contribution is -2.47. The van der Waals surface area contributed by atoms with Gasteiger partial charge in [-0.25, -0.2) is 14.7 Å². The number of hydrogen-bond acceptors (Lipinski definition) is 6. The van der Waals surface area contributed by atoms with Crippen LogP contribution < -0.4 is 15.4 Å². The molecular formula is C20H31N7O2. The van der Waals surface area contributed by atoms with E-state index in [1.54, 1.807) is 14.2 Å². The van der Waals surface area contributed by atoms with Gasteiger partial charge in [0.1, 0.15) is 18.2 Å². The molecule has 1 aliphatic heterocycles. The van der Waals surface area contributed by atoms with E-state index in [0.717, 1.165) is 66.1 Å². The summed E-state index contributed by atoms with van der Waals surface area (Å²) in [6, 6.07) is 0.235. The fraction of sp³-hybridized carbons (Fsp3) is 0.600. The molecule has 2 aromatic rings. The Bertz CT molecular complexity index is 863. The molecule has 1 atom stereocenters. The van der Waals surface area contributed by atoms with Gasteiger partial charge in [0.2, 0.25) is 0 Å². The number of pyridine rings is 1. The molecule has 2 aromatic heterocycles. The van der Waals surface area contributed by atoms with Crippen molar-refractivity contribution in [3.63, 3.8) is 0 Å². The number of nitrogens with one attached hydrogen (secondary N) is 2. The van der Waals surface area contributed by atoms with Crippen LogP contribution in [0.2, 0.25) is 0 Å². The minimum atomic E-state index is 0.235. The third-order valence-corrected chi connectivity index (χ3v) is 5.00. The highest BCUT2D eigenvalue weighted by atomic mass is 16.5. The zero-order valence-corrected chi connectivity index (χ0v) is 17.9. The van der Waals surface area contributed by atoms with Crippen LogP contribution in [0.15, 0.2) is 11.2 Å². The molecule has 3 heterocycles. The van der Waals surface area contributed by atoms with Gasteiger partial charge in [-0.2, -0.15) is 5.10 Å². The molecule has 0 fully saturated rings. The Balaban J connectivity index is 1.68. The van der Waals surface area contributed by atoms with Crippen molar-refractivity contribution in [1.82, 2.24) is 30.4 Å². The first-order valence-electron chi connectivity index (χ1n) is 10.0. The van der Waals surface area contributed by atoms with Crippen LogP contribution in [0.4, 0.5) is 0 Å². The van der Waals surface area contributed by atoms with Gasteiger partial charge in [-0.05, 0) is 27.2 Å². The number of guanidine groups is 1. The van der Waals surface area contributed by atoms with E-state index in [9.17, 15) is 0 Å². The number of nitrogens with zero attached hydrogens (tertiary/aromatic N) is 5.